The van der Waals surface area contributed by atoms with Gasteiger partial charge in [-0.15, -0.1) is 11.3 Å². The van der Waals surface area contributed by atoms with Crippen molar-refractivity contribution < 1.29 is 24.2 Å². The highest BCUT2D eigenvalue weighted by Crippen LogP contribution is 2.24. The van der Waals surface area contributed by atoms with Crippen molar-refractivity contribution in [1.29, 1.82) is 0 Å². The van der Waals surface area contributed by atoms with Crippen molar-refractivity contribution in [1.82, 2.24) is 20.6 Å². The van der Waals surface area contributed by atoms with Crippen LogP contribution in [0.2, 0.25) is 0 Å². The van der Waals surface area contributed by atoms with E-state index >= 15 is 0 Å². The standard InChI is InChI=1S/C37H44N4O5S/c1-4-5-6-7-8-19-46-30-15-13-27(14-16-30)29-22-38-35(39-23-29)28-11-9-26(10-12-28)21-32(36(44)40-24-34(42)43)41-37(45)33-18-17-31(47-33)20-25(2)3/h9-18,22-23,25,32H,4-8,19-21,24H2,1-3H3,(H,40,44)(H,41,45)(H,42,43). The van der Waals surface area contributed by atoms with Crippen LogP contribution in [0.1, 0.15) is 73.0 Å². The number of aliphatic carboxylic acids is 1. The second-order valence-electron chi connectivity index (χ2n) is 12.0. The highest BCUT2D eigenvalue weighted by atomic mass is 32.1. The third-order valence-electron chi connectivity index (χ3n) is 7.54. The van der Waals surface area contributed by atoms with Gasteiger partial charge in [-0.2, -0.15) is 0 Å². The Morgan fingerprint density at radius 2 is 1.51 bits per heavy atom. The first-order valence-corrected chi connectivity index (χ1v) is 17.1. The molecule has 1 atom stereocenters. The number of carbonyl (C=O) groups is 3. The van der Waals surface area contributed by atoms with Gasteiger partial charge in [-0.05, 0) is 54.2 Å². The van der Waals surface area contributed by atoms with Crippen LogP contribution in [0.3, 0.4) is 0 Å². The molecule has 0 aliphatic heterocycles. The Bertz CT molecular complexity index is 1580. The SMILES string of the molecule is CCCCCCCOc1ccc(-c2cnc(-c3ccc(CC(NC(=O)c4ccc(CC(C)C)s4)C(=O)NCC(=O)O)cc3)nc2)cc1. The van der Waals surface area contributed by atoms with E-state index in [4.69, 9.17) is 9.84 Å². The summed E-state index contributed by atoms with van der Waals surface area (Å²) < 4.78 is 5.88. The summed E-state index contributed by atoms with van der Waals surface area (Å²) in [5.74, 6) is -0.231. The molecule has 2 aromatic carbocycles. The lowest BCUT2D eigenvalue weighted by Crippen LogP contribution is -2.49. The normalized spacial score (nSPS) is 11.7. The zero-order chi connectivity index (χ0) is 33.6. The van der Waals surface area contributed by atoms with E-state index in [0.29, 0.717) is 16.6 Å². The number of hydrogen-bond acceptors (Lipinski definition) is 7. The number of nitrogens with zero attached hydrogens (tertiary/aromatic N) is 2. The van der Waals surface area contributed by atoms with Crippen LogP contribution in [0.5, 0.6) is 5.75 Å². The van der Waals surface area contributed by atoms with E-state index in [1.165, 1.54) is 37.0 Å². The molecule has 9 nitrogen and oxygen atoms in total. The smallest absolute Gasteiger partial charge is 0.322 e. The lowest BCUT2D eigenvalue weighted by Gasteiger charge is -2.18. The van der Waals surface area contributed by atoms with Crippen molar-refractivity contribution in [3.05, 3.63) is 88.4 Å². The molecule has 248 valence electrons. The number of thiophene rings is 1. The molecule has 0 aliphatic rings. The third-order valence-corrected chi connectivity index (χ3v) is 8.64. The van der Waals surface area contributed by atoms with Crippen LogP contribution in [0, 0.1) is 5.92 Å². The predicted molar refractivity (Wildman–Crippen MR) is 186 cm³/mol. The summed E-state index contributed by atoms with van der Waals surface area (Å²) >= 11 is 1.40. The number of unbranched alkanes of at least 4 members (excludes halogenated alkanes) is 4. The van der Waals surface area contributed by atoms with Crippen LogP contribution in [-0.2, 0) is 22.4 Å². The molecule has 2 heterocycles. The van der Waals surface area contributed by atoms with E-state index in [1.54, 1.807) is 18.5 Å². The average molecular weight is 657 g/mol. The maximum atomic E-state index is 13.0. The molecule has 0 saturated carbocycles. The molecule has 0 fully saturated rings. The molecule has 0 aliphatic carbocycles. The molecule has 3 N–H and O–H groups in total. The fourth-order valence-electron chi connectivity index (χ4n) is 5.03. The van der Waals surface area contributed by atoms with Crippen LogP contribution in [0.15, 0.2) is 73.1 Å². The molecule has 1 unspecified atom stereocenters. The minimum Gasteiger partial charge on any atom is -0.494 e. The number of rotatable bonds is 18. The summed E-state index contributed by atoms with van der Waals surface area (Å²) in [4.78, 5) is 47.7. The number of carboxylic acids is 1. The van der Waals surface area contributed by atoms with Crippen molar-refractivity contribution in [2.75, 3.05) is 13.2 Å². The Morgan fingerprint density at radius 3 is 2.17 bits per heavy atom. The van der Waals surface area contributed by atoms with Crippen molar-refractivity contribution in [3.63, 3.8) is 0 Å². The van der Waals surface area contributed by atoms with Gasteiger partial charge >= 0.3 is 5.97 Å². The number of carbonyl (C=O) groups excluding carboxylic acids is 2. The number of carboxylic acid groups (broad SMARTS) is 1. The molecule has 0 radical (unpaired) electrons. The van der Waals surface area contributed by atoms with Crippen LogP contribution in [-0.4, -0.2) is 52.1 Å². The predicted octanol–water partition coefficient (Wildman–Crippen LogP) is 6.96. The van der Waals surface area contributed by atoms with Crippen LogP contribution >= 0.6 is 11.3 Å². The van der Waals surface area contributed by atoms with Crippen LogP contribution in [0.25, 0.3) is 22.5 Å². The largest absolute Gasteiger partial charge is 0.494 e. The summed E-state index contributed by atoms with van der Waals surface area (Å²) in [5, 5.41) is 14.2. The monoisotopic (exact) mass is 656 g/mol. The molecular weight excluding hydrogens is 612 g/mol. The number of benzene rings is 2. The van der Waals surface area contributed by atoms with Gasteiger partial charge in [0.25, 0.3) is 5.91 Å². The molecule has 47 heavy (non-hydrogen) atoms. The van der Waals surface area contributed by atoms with E-state index < -0.39 is 24.5 Å². The molecular formula is C37H44N4O5S. The van der Waals surface area contributed by atoms with E-state index in [0.717, 1.165) is 52.3 Å². The van der Waals surface area contributed by atoms with Crippen molar-refractivity contribution in [3.8, 4) is 28.3 Å². The second kappa shape index (κ2) is 17.9. The maximum Gasteiger partial charge on any atom is 0.322 e. The van der Waals surface area contributed by atoms with Crippen molar-refractivity contribution in [2.45, 2.75) is 71.8 Å². The Morgan fingerprint density at radius 1 is 0.830 bits per heavy atom. The molecule has 0 spiro atoms. The zero-order valence-electron chi connectivity index (χ0n) is 27.3. The van der Waals surface area contributed by atoms with Crippen LogP contribution in [0.4, 0.5) is 0 Å². The lowest BCUT2D eigenvalue weighted by molar-refractivity contribution is -0.138. The summed E-state index contributed by atoms with van der Waals surface area (Å²) in [7, 11) is 0. The van der Waals surface area contributed by atoms with Gasteiger partial charge in [0.15, 0.2) is 5.82 Å². The van der Waals surface area contributed by atoms with Gasteiger partial charge in [0.1, 0.15) is 18.3 Å². The molecule has 0 saturated heterocycles. The summed E-state index contributed by atoms with van der Waals surface area (Å²) in [6, 6.07) is 18.1. The van der Waals surface area contributed by atoms with Crippen molar-refractivity contribution >= 4 is 29.1 Å². The first-order valence-electron chi connectivity index (χ1n) is 16.3. The topological polar surface area (TPSA) is 131 Å². The Labute approximate surface area is 280 Å². The fraction of sp³-hybridized carbons (Fsp3) is 0.378. The molecule has 4 aromatic rings. The fourth-order valence-corrected chi connectivity index (χ4v) is 6.15. The number of amides is 2. The summed E-state index contributed by atoms with van der Waals surface area (Å²) in [6.45, 7) is 6.63. The van der Waals surface area contributed by atoms with Gasteiger partial charge in [-0.1, -0.05) is 82.9 Å². The lowest BCUT2D eigenvalue weighted by atomic mass is 10.0. The first kappa shape index (κ1) is 35.3. The summed E-state index contributed by atoms with van der Waals surface area (Å²) in [5.41, 5.74) is 3.48. The average Bonchev–Trinajstić information content (AvgIpc) is 3.53. The highest BCUT2D eigenvalue weighted by Gasteiger charge is 2.23. The molecule has 2 amide bonds. The third kappa shape index (κ3) is 11.3. The minimum atomic E-state index is -1.16. The van der Waals surface area contributed by atoms with Gasteiger partial charge in [0.05, 0.1) is 11.5 Å². The molecule has 2 aromatic heterocycles. The zero-order valence-corrected chi connectivity index (χ0v) is 28.1. The minimum absolute atomic E-state index is 0.181. The number of hydrogen-bond donors (Lipinski definition) is 3. The van der Waals surface area contributed by atoms with Gasteiger partial charge in [-0.3, -0.25) is 14.4 Å². The summed E-state index contributed by atoms with van der Waals surface area (Å²) in [6.07, 6.45) is 10.6. The van der Waals surface area contributed by atoms with E-state index in [-0.39, 0.29) is 12.3 Å². The molecule has 10 heteroatoms. The Hall–Kier alpha value is -4.57. The molecule has 4 rings (SSSR count). The van der Waals surface area contributed by atoms with E-state index in [2.05, 4.69) is 41.4 Å². The van der Waals surface area contributed by atoms with Gasteiger partial charge < -0.3 is 20.5 Å². The quantitative estimate of drug-likeness (QED) is 0.0987. The van der Waals surface area contributed by atoms with E-state index in [9.17, 15) is 14.4 Å². The number of nitrogens with one attached hydrogen (secondary N) is 2. The van der Waals surface area contributed by atoms with Gasteiger partial charge in [-0.25, -0.2) is 9.97 Å². The Balaban J connectivity index is 1.37. The number of ether oxygens (including phenoxy) is 1. The van der Waals surface area contributed by atoms with Crippen LogP contribution < -0.4 is 15.4 Å². The Kier molecular flexibility index (Phi) is 13.5. The van der Waals surface area contributed by atoms with Crippen molar-refractivity contribution in [2.24, 2.45) is 5.92 Å². The molecule has 0 bridgehead atoms. The van der Waals surface area contributed by atoms with Gasteiger partial charge in [0.2, 0.25) is 5.91 Å². The van der Waals surface area contributed by atoms with E-state index in [1.807, 2.05) is 54.6 Å². The second-order valence-corrected chi connectivity index (χ2v) is 13.2. The maximum absolute atomic E-state index is 13.0. The first-order chi connectivity index (χ1) is 22.7. The van der Waals surface area contributed by atoms with Gasteiger partial charge in [0, 0.05) is 34.8 Å². The highest BCUT2D eigenvalue weighted by molar-refractivity contribution is 7.14. The number of aromatic nitrogens is 2.